The highest BCUT2D eigenvalue weighted by Gasteiger charge is 2.41. The third-order valence-electron chi connectivity index (χ3n) is 7.50. The Morgan fingerprint density at radius 3 is 2.17 bits per heavy atom. The molecule has 1 aliphatic heterocycles. The lowest BCUT2D eigenvalue weighted by atomic mass is 10.0. The lowest BCUT2D eigenvalue weighted by Crippen LogP contribution is -3.27. The predicted molar refractivity (Wildman–Crippen MR) is 145 cm³/mol. The average Bonchev–Trinajstić information content (AvgIpc) is 2.92. The van der Waals surface area contributed by atoms with Crippen LogP contribution in [0.4, 0.5) is 13.2 Å². The fourth-order valence-corrected chi connectivity index (χ4v) is 5.34. The van der Waals surface area contributed by atoms with Crippen LogP contribution >= 0.6 is 0 Å². The number of hydrogen-bond donors (Lipinski definition) is 3. The standard InChI is InChI=1S/C31H31F3N2O4/c1-20(2)22-10-6-7-11-26(22)39-29-27(38)23-12-13-25(37)24(28(23)40-30(29)31(32,33)34)19-36-16-14-35(15-17-36)18-21-8-4-3-5-9-21/h3-13,20,37H,14-19H2,1-2H3/p+2. The van der Waals surface area contributed by atoms with Crippen LogP contribution in [0.25, 0.3) is 11.0 Å². The van der Waals surface area contributed by atoms with Crippen LogP contribution in [0.3, 0.4) is 0 Å². The van der Waals surface area contributed by atoms with E-state index in [9.17, 15) is 23.1 Å². The Hall–Kier alpha value is -3.82. The number of piperazine rings is 1. The van der Waals surface area contributed by atoms with E-state index < -0.39 is 23.1 Å². The summed E-state index contributed by atoms with van der Waals surface area (Å²) in [6, 6.07) is 19.5. The first-order valence-corrected chi connectivity index (χ1v) is 13.5. The Balaban J connectivity index is 1.46. The van der Waals surface area contributed by atoms with Crippen LogP contribution in [-0.2, 0) is 19.3 Å². The fraction of sp³-hybridized carbons (Fsp3) is 0.323. The van der Waals surface area contributed by atoms with Crippen molar-refractivity contribution in [1.29, 1.82) is 0 Å². The van der Waals surface area contributed by atoms with Gasteiger partial charge in [0.25, 0.3) is 5.76 Å². The summed E-state index contributed by atoms with van der Waals surface area (Å²) in [4.78, 5) is 16.0. The number of fused-ring (bicyclic) bond motifs is 1. The lowest BCUT2D eigenvalue weighted by Gasteiger charge is -2.30. The summed E-state index contributed by atoms with van der Waals surface area (Å²) in [5, 5.41) is 10.6. The molecule has 1 saturated heterocycles. The molecule has 0 radical (unpaired) electrons. The first kappa shape index (κ1) is 27.7. The average molecular weight is 555 g/mol. The third-order valence-corrected chi connectivity index (χ3v) is 7.50. The maximum atomic E-state index is 14.2. The number of quaternary nitrogens is 2. The van der Waals surface area contributed by atoms with Gasteiger partial charge < -0.3 is 24.1 Å². The molecule has 0 atom stereocenters. The van der Waals surface area contributed by atoms with E-state index in [1.54, 1.807) is 18.2 Å². The van der Waals surface area contributed by atoms with Crippen molar-refractivity contribution in [3.8, 4) is 17.2 Å². The summed E-state index contributed by atoms with van der Waals surface area (Å²) < 4.78 is 53.8. The van der Waals surface area contributed by atoms with Crippen molar-refractivity contribution in [3.05, 3.63) is 99.4 Å². The highest BCUT2D eigenvalue weighted by atomic mass is 19.4. The zero-order valence-corrected chi connectivity index (χ0v) is 22.5. The summed E-state index contributed by atoms with van der Waals surface area (Å²) in [6.07, 6.45) is -4.99. The second-order valence-electron chi connectivity index (χ2n) is 10.7. The molecule has 6 nitrogen and oxygen atoms in total. The number of halogens is 3. The van der Waals surface area contributed by atoms with Gasteiger partial charge in [-0.1, -0.05) is 62.4 Å². The van der Waals surface area contributed by atoms with Gasteiger partial charge in [-0.05, 0) is 29.7 Å². The Kier molecular flexibility index (Phi) is 7.87. The number of phenols is 1. The van der Waals surface area contributed by atoms with E-state index in [0.29, 0.717) is 5.56 Å². The molecule has 0 saturated carbocycles. The zero-order valence-electron chi connectivity index (χ0n) is 22.5. The largest absolute Gasteiger partial charge is 0.507 e. The van der Waals surface area contributed by atoms with E-state index in [-0.39, 0.29) is 40.5 Å². The summed E-state index contributed by atoms with van der Waals surface area (Å²) in [5.74, 6) is -2.50. The number of alkyl halides is 3. The van der Waals surface area contributed by atoms with Crippen molar-refractivity contribution >= 4 is 11.0 Å². The van der Waals surface area contributed by atoms with E-state index in [1.165, 1.54) is 28.7 Å². The van der Waals surface area contributed by atoms with Gasteiger partial charge in [0, 0.05) is 5.56 Å². The second kappa shape index (κ2) is 11.3. The van der Waals surface area contributed by atoms with Crippen molar-refractivity contribution in [2.45, 2.75) is 39.0 Å². The van der Waals surface area contributed by atoms with Crippen LogP contribution in [0.1, 0.15) is 42.2 Å². The van der Waals surface area contributed by atoms with E-state index >= 15 is 0 Å². The summed E-state index contributed by atoms with van der Waals surface area (Å²) in [6.45, 7) is 8.19. The maximum absolute atomic E-state index is 14.2. The number of ether oxygens (including phenoxy) is 1. The minimum absolute atomic E-state index is 0.0421. The van der Waals surface area contributed by atoms with Gasteiger partial charge in [0.2, 0.25) is 11.2 Å². The van der Waals surface area contributed by atoms with Crippen LogP contribution in [0.5, 0.6) is 17.2 Å². The molecule has 9 heteroatoms. The van der Waals surface area contributed by atoms with Gasteiger partial charge in [-0.15, -0.1) is 0 Å². The number of phenolic OH excluding ortho intramolecular Hbond substituents is 1. The number of benzene rings is 3. The Morgan fingerprint density at radius 2 is 1.52 bits per heavy atom. The number of para-hydroxylation sites is 1. The van der Waals surface area contributed by atoms with E-state index in [2.05, 4.69) is 12.1 Å². The third kappa shape index (κ3) is 5.85. The molecule has 1 fully saturated rings. The molecule has 0 bridgehead atoms. The molecule has 4 aromatic rings. The molecule has 0 spiro atoms. The maximum Gasteiger partial charge on any atom is 0.453 e. The van der Waals surface area contributed by atoms with Crippen molar-refractivity contribution in [3.63, 3.8) is 0 Å². The van der Waals surface area contributed by atoms with Crippen molar-refractivity contribution in [1.82, 2.24) is 0 Å². The van der Waals surface area contributed by atoms with Crippen LogP contribution in [-0.4, -0.2) is 31.3 Å². The van der Waals surface area contributed by atoms with E-state index in [1.807, 2.05) is 32.0 Å². The summed E-state index contributed by atoms with van der Waals surface area (Å²) in [7, 11) is 0. The highest BCUT2D eigenvalue weighted by molar-refractivity contribution is 5.83. The molecule has 40 heavy (non-hydrogen) atoms. The van der Waals surface area contributed by atoms with Gasteiger partial charge in [0.15, 0.2) is 5.58 Å². The minimum atomic E-state index is -4.99. The molecule has 3 N–H and O–H groups in total. The number of rotatable bonds is 7. The number of hydrogen-bond acceptors (Lipinski definition) is 4. The first-order valence-electron chi connectivity index (χ1n) is 13.5. The minimum Gasteiger partial charge on any atom is -0.507 e. The molecule has 210 valence electrons. The van der Waals surface area contributed by atoms with Crippen molar-refractivity contribution in [2.75, 3.05) is 26.2 Å². The predicted octanol–water partition coefficient (Wildman–Crippen LogP) is 3.92. The molecule has 3 aromatic carbocycles. The summed E-state index contributed by atoms with van der Waals surface area (Å²) in [5.41, 5.74) is 0.923. The van der Waals surface area contributed by atoms with Gasteiger partial charge in [0.1, 0.15) is 50.8 Å². The van der Waals surface area contributed by atoms with Gasteiger partial charge >= 0.3 is 6.18 Å². The number of nitrogens with one attached hydrogen (secondary N) is 2. The molecule has 1 aromatic heterocycles. The lowest BCUT2D eigenvalue weighted by molar-refractivity contribution is -1.02. The van der Waals surface area contributed by atoms with E-state index in [4.69, 9.17) is 9.15 Å². The molecule has 5 rings (SSSR count). The quantitative estimate of drug-likeness (QED) is 0.324. The molecular weight excluding hydrogens is 521 g/mol. The SMILES string of the molecule is CC(C)c1ccccc1Oc1c(C(F)(F)F)oc2c(C[NH+]3CC[NH+](Cc4ccccc4)CC3)c(O)ccc2c1=O. The molecule has 2 heterocycles. The van der Waals surface area contributed by atoms with E-state index in [0.717, 1.165) is 37.6 Å². The van der Waals surface area contributed by atoms with Gasteiger partial charge in [-0.2, -0.15) is 13.2 Å². The van der Waals surface area contributed by atoms with Gasteiger partial charge in [-0.25, -0.2) is 0 Å². The first-order chi connectivity index (χ1) is 19.1. The molecule has 1 aliphatic rings. The topological polar surface area (TPSA) is 68.6 Å². The Morgan fingerprint density at radius 1 is 0.900 bits per heavy atom. The molecule has 0 amide bonds. The summed E-state index contributed by atoms with van der Waals surface area (Å²) >= 11 is 0. The Bertz CT molecular complexity index is 1540. The van der Waals surface area contributed by atoms with Crippen LogP contribution in [0.15, 0.2) is 75.9 Å². The van der Waals surface area contributed by atoms with Crippen LogP contribution in [0.2, 0.25) is 0 Å². The van der Waals surface area contributed by atoms with Crippen molar-refractivity contribution in [2.24, 2.45) is 0 Å². The Labute approximate surface area is 230 Å². The fourth-order valence-electron chi connectivity index (χ4n) is 5.34. The molecule has 0 aliphatic carbocycles. The normalized spacial score (nSPS) is 17.9. The monoisotopic (exact) mass is 554 g/mol. The highest BCUT2D eigenvalue weighted by Crippen LogP contribution is 2.40. The smallest absolute Gasteiger partial charge is 0.453 e. The van der Waals surface area contributed by atoms with Gasteiger partial charge in [-0.3, -0.25) is 4.79 Å². The van der Waals surface area contributed by atoms with Crippen molar-refractivity contribution < 1.29 is 37.2 Å². The second-order valence-corrected chi connectivity index (χ2v) is 10.7. The number of aromatic hydroxyl groups is 1. The van der Waals surface area contributed by atoms with Gasteiger partial charge in [0.05, 0.1) is 10.9 Å². The van der Waals surface area contributed by atoms with Crippen LogP contribution < -0.4 is 20.0 Å². The zero-order chi connectivity index (χ0) is 28.4. The molecular formula is C31H33F3N2O4+2. The molecule has 0 unspecified atom stereocenters. The van der Waals surface area contributed by atoms with Crippen LogP contribution in [0, 0.1) is 0 Å².